The molecule has 1 aliphatic rings. The number of hydrogen-bond acceptors (Lipinski definition) is 6. The van der Waals surface area contributed by atoms with Gasteiger partial charge in [0.05, 0.1) is 0 Å². The maximum absolute atomic E-state index is 12.1. The first-order valence-corrected chi connectivity index (χ1v) is 7.91. The lowest BCUT2D eigenvalue weighted by atomic mass is 10.2. The van der Waals surface area contributed by atoms with Crippen molar-refractivity contribution in [2.45, 2.75) is 32.3 Å². The minimum Gasteiger partial charge on any atom is -0.362 e. The van der Waals surface area contributed by atoms with Gasteiger partial charge >= 0.3 is 0 Å². The highest BCUT2D eigenvalue weighted by Crippen LogP contribution is 2.14. The van der Waals surface area contributed by atoms with Crippen molar-refractivity contribution in [3.05, 3.63) is 30.4 Å². The standard InChI is InChI=1S/C16H20N4O3/c21-15(20-8-3-1-2-4-9-20)12-22-11-14-18-16(19-23-14)13-6-5-7-17-10-13/h5-7,10H,1-4,8-9,11-12H2. The molecule has 0 bridgehead atoms. The van der Waals surface area contributed by atoms with E-state index in [4.69, 9.17) is 9.26 Å². The second kappa shape index (κ2) is 7.82. The lowest BCUT2D eigenvalue weighted by Crippen LogP contribution is -2.34. The van der Waals surface area contributed by atoms with Gasteiger partial charge < -0.3 is 14.2 Å². The van der Waals surface area contributed by atoms with Gasteiger partial charge in [-0.25, -0.2) is 0 Å². The zero-order chi connectivity index (χ0) is 15.9. The van der Waals surface area contributed by atoms with Gasteiger partial charge in [0.1, 0.15) is 13.2 Å². The Kier molecular flexibility index (Phi) is 5.31. The minimum atomic E-state index is 0.0268. The predicted molar refractivity (Wildman–Crippen MR) is 82.2 cm³/mol. The lowest BCUT2D eigenvalue weighted by Gasteiger charge is -2.19. The van der Waals surface area contributed by atoms with Gasteiger partial charge in [0.2, 0.25) is 11.7 Å². The number of aromatic nitrogens is 3. The van der Waals surface area contributed by atoms with Crippen LogP contribution in [0.25, 0.3) is 11.4 Å². The van der Waals surface area contributed by atoms with E-state index in [1.165, 1.54) is 12.8 Å². The van der Waals surface area contributed by atoms with Crippen molar-refractivity contribution in [1.82, 2.24) is 20.0 Å². The van der Waals surface area contributed by atoms with E-state index in [9.17, 15) is 4.79 Å². The fourth-order valence-electron chi connectivity index (χ4n) is 2.56. The number of rotatable bonds is 5. The highest BCUT2D eigenvalue weighted by atomic mass is 16.5. The highest BCUT2D eigenvalue weighted by molar-refractivity contribution is 5.77. The summed E-state index contributed by atoms with van der Waals surface area (Å²) < 4.78 is 10.5. The molecule has 1 fully saturated rings. The summed E-state index contributed by atoms with van der Waals surface area (Å²) in [6.45, 7) is 1.83. The Morgan fingerprint density at radius 3 is 2.83 bits per heavy atom. The zero-order valence-corrected chi connectivity index (χ0v) is 13.0. The molecule has 1 saturated heterocycles. The summed E-state index contributed by atoms with van der Waals surface area (Å²) in [6, 6.07) is 3.66. The van der Waals surface area contributed by atoms with Crippen molar-refractivity contribution in [3.63, 3.8) is 0 Å². The van der Waals surface area contributed by atoms with Crippen molar-refractivity contribution in [3.8, 4) is 11.4 Å². The number of nitrogens with zero attached hydrogens (tertiary/aromatic N) is 4. The normalized spacial score (nSPS) is 15.4. The van der Waals surface area contributed by atoms with Crippen molar-refractivity contribution in [2.75, 3.05) is 19.7 Å². The van der Waals surface area contributed by atoms with E-state index < -0.39 is 0 Å². The first-order valence-electron chi connectivity index (χ1n) is 7.91. The Labute approximate surface area is 134 Å². The van der Waals surface area contributed by atoms with Crippen LogP contribution < -0.4 is 0 Å². The van der Waals surface area contributed by atoms with Crippen LogP contribution in [0.15, 0.2) is 29.0 Å². The van der Waals surface area contributed by atoms with Crippen molar-refractivity contribution in [1.29, 1.82) is 0 Å². The van der Waals surface area contributed by atoms with E-state index in [-0.39, 0.29) is 19.1 Å². The maximum Gasteiger partial charge on any atom is 0.252 e. The number of hydrogen-bond donors (Lipinski definition) is 0. The van der Waals surface area contributed by atoms with Crippen LogP contribution in [0.1, 0.15) is 31.6 Å². The summed E-state index contributed by atoms with van der Waals surface area (Å²) >= 11 is 0. The minimum absolute atomic E-state index is 0.0268. The molecule has 23 heavy (non-hydrogen) atoms. The summed E-state index contributed by atoms with van der Waals surface area (Å²) in [7, 11) is 0. The van der Waals surface area contributed by atoms with Gasteiger partial charge in [0.25, 0.3) is 5.89 Å². The number of pyridine rings is 1. The highest BCUT2D eigenvalue weighted by Gasteiger charge is 2.16. The lowest BCUT2D eigenvalue weighted by molar-refractivity contribution is -0.136. The molecular weight excluding hydrogens is 296 g/mol. The number of amides is 1. The Hall–Kier alpha value is -2.28. The molecule has 2 aromatic heterocycles. The van der Waals surface area contributed by atoms with Gasteiger partial charge in [-0.3, -0.25) is 9.78 Å². The molecule has 3 rings (SSSR count). The number of carbonyl (C=O) groups is 1. The smallest absolute Gasteiger partial charge is 0.252 e. The Morgan fingerprint density at radius 2 is 2.09 bits per heavy atom. The van der Waals surface area contributed by atoms with Gasteiger partial charge in [0.15, 0.2) is 0 Å². The third kappa shape index (κ3) is 4.35. The SMILES string of the molecule is O=C(COCc1nc(-c2cccnc2)no1)N1CCCCCC1. The van der Waals surface area contributed by atoms with Gasteiger partial charge in [0, 0.05) is 31.0 Å². The molecule has 0 aliphatic carbocycles. The monoisotopic (exact) mass is 316 g/mol. The molecule has 0 N–H and O–H groups in total. The molecule has 3 heterocycles. The van der Waals surface area contributed by atoms with Crippen LogP contribution in [0.5, 0.6) is 0 Å². The Bertz CT molecular complexity index is 621. The number of carbonyl (C=O) groups excluding carboxylic acids is 1. The van der Waals surface area contributed by atoms with Crippen LogP contribution >= 0.6 is 0 Å². The Balaban J connectivity index is 1.47. The first-order chi connectivity index (χ1) is 11.3. The fraction of sp³-hybridized carbons (Fsp3) is 0.500. The topological polar surface area (TPSA) is 81.3 Å². The fourth-order valence-corrected chi connectivity index (χ4v) is 2.56. The summed E-state index contributed by atoms with van der Waals surface area (Å²) in [5, 5.41) is 3.88. The molecule has 0 spiro atoms. The van der Waals surface area contributed by atoms with Gasteiger partial charge in [-0.2, -0.15) is 4.98 Å². The quantitative estimate of drug-likeness (QED) is 0.839. The van der Waals surface area contributed by atoms with Crippen molar-refractivity contribution < 1.29 is 14.1 Å². The van der Waals surface area contributed by atoms with Crippen LogP contribution in [-0.2, 0) is 16.1 Å². The molecule has 1 amide bonds. The van der Waals surface area contributed by atoms with Gasteiger partial charge in [-0.05, 0) is 25.0 Å². The third-order valence-electron chi connectivity index (χ3n) is 3.80. The number of likely N-dealkylation sites (tertiary alicyclic amines) is 1. The molecule has 0 radical (unpaired) electrons. The van der Waals surface area contributed by atoms with Gasteiger partial charge in [-0.1, -0.05) is 18.0 Å². The molecule has 1 aliphatic heterocycles. The van der Waals surface area contributed by atoms with E-state index in [1.54, 1.807) is 12.4 Å². The zero-order valence-electron chi connectivity index (χ0n) is 13.0. The largest absolute Gasteiger partial charge is 0.362 e. The predicted octanol–water partition coefficient (Wildman–Crippen LogP) is 2.05. The molecule has 122 valence electrons. The molecule has 7 nitrogen and oxygen atoms in total. The summed E-state index contributed by atoms with van der Waals surface area (Å²) in [5.41, 5.74) is 0.781. The Morgan fingerprint density at radius 1 is 1.26 bits per heavy atom. The third-order valence-corrected chi connectivity index (χ3v) is 3.80. The van der Waals surface area contributed by atoms with Crippen LogP contribution in [-0.4, -0.2) is 45.6 Å². The molecule has 0 atom stereocenters. The molecule has 0 saturated carbocycles. The van der Waals surface area contributed by atoms with E-state index >= 15 is 0 Å². The maximum atomic E-state index is 12.1. The van der Waals surface area contributed by atoms with E-state index in [0.29, 0.717) is 11.7 Å². The van der Waals surface area contributed by atoms with E-state index in [2.05, 4.69) is 15.1 Å². The summed E-state index contributed by atoms with van der Waals surface area (Å²) in [6.07, 6.45) is 7.89. The van der Waals surface area contributed by atoms with Crippen molar-refractivity contribution in [2.24, 2.45) is 0 Å². The molecular formula is C16H20N4O3. The van der Waals surface area contributed by atoms with Crippen LogP contribution in [0.3, 0.4) is 0 Å². The molecule has 7 heteroatoms. The summed E-state index contributed by atoms with van der Waals surface area (Å²) in [5.74, 6) is 0.849. The second-order valence-electron chi connectivity index (χ2n) is 5.54. The van der Waals surface area contributed by atoms with Gasteiger partial charge in [-0.15, -0.1) is 0 Å². The average Bonchev–Trinajstić information content (AvgIpc) is 2.89. The summed E-state index contributed by atoms with van der Waals surface area (Å²) in [4.78, 5) is 22.2. The molecule has 0 aromatic carbocycles. The average molecular weight is 316 g/mol. The van der Waals surface area contributed by atoms with Crippen LogP contribution in [0.4, 0.5) is 0 Å². The number of ether oxygens (including phenoxy) is 1. The first kappa shape index (κ1) is 15.6. The van der Waals surface area contributed by atoms with Crippen LogP contribution in [0.2, 0.25) is 0 Å². The van der Waals surface area contributed by atoms with E-state index in [0.717, 1.165) is 31.5 Å². The second-order valence-corrected chi connectivity index (χ2v) is 5.54. The molecule has 0 unspecified atom stereocenters. The molecule has 2 aromatic rings. The van der Waals surface area contributed by atoms with Crippen molar-refractivity contribution >= 4 is 5.91 Å². The van der Waals surface area contributed by atoms with E-state index in [1.807, 2.05) is 17.0 Å². The van der Waals surface area contributed by atoms with Crippen LogP contribution in [0, 0.1) is 0 Å².